The standard InChI is InChI=1S/C20H29IN2O4/c1-14(2)12-16(20(26)27-4)13-18(24)23(21)17(19(25)22-3)11-10-15-8-6-5-7-9-15/h5-9,14,16-17H,10-13H2,1-4H3,(H,22,25). The lowest BCUT2D eigenvalue weighted by Crippen LogP contribution is -2.44. The Balaban J connectivity index is 2.82. The van der Waals surface area contributed by atoms with Crippen molar-refractivity contribution in [2.24, 2.45) is 11.8 Å². The van der Waals surface area contributed by atoms with Gasteiger partial charge in [-0.3, -0.25) is 17.5 Å². The Hall–Kier alpha value is -1.64. The number of aryl methyl sites for hydroxylation is 1. The number of halogens is 1. The van der Waals surface area contributed by atoms with Crippen molar-refractivity contribution >= 4 is 40.6 Å². The maximum absolute atomic E-state index is 12.8. The largest absolute Gasteiger partial charge is 0.469 e. The van der Waals surface area contributed by atoms with Crippen LogP contribution >= 0.6 is 22.9 Å². The van der Waals surface area contributed by atoms with Crippen molar-refractivity contribution in [1.29, 1.82) is 0 Å². The van der Waals surface area contributed by atoms with E-state index in [4.69, 9.17) is 4.74 Å². The number of likely N-dealkylation sites (N-methyl/N-ethyl adjacent to an activating group) is 1. The molecule has 0 aliphatic carbocycles. The average molecular weight is 488 g/mol. The number of rotatable bonds is 10. The van der Waals surface area contributed by atoms with E-state index in [9.17, 15) is 14.4 Å². The Bertz CT molecular complexity index is 622. The third kappa shape index (κ3) is 7.86. The Morgan fingerprint density at radius 1 is 1.19 bits per heavy atom. The lowest BCUT2D eigenvalue weighted by atomic mass is 9.93. The highest BCUT2D eigenvalue weighted by atomic mass is 127. The molecule has 27 heavy (non-hydrogen) atoms. The molecule has 1 aromatic rings. The van der Waals surface area contributed by atoms with Crippen LogP contribution in [0.25, 0.3) is 0 Å². The van der Waals surface area contributed by atoms with Gasteiger partial charge in [-0.25, -0.2) is 0 Å². The predicted molar refractivity (Wildman–Crippen MR) is 113 cm³/mol. The van der Waals surface area contributed by atoms with Gasteiger partial charge in [0.25, 0.3) is 0 Å². The van der Waals surface area contributed by atoms with Crippen molar-refractivity contribution in [3.63, 3.8) is 0 Å². The van der Waals surface area contributed by atoms with Gasteiger partial charge in [0.05, 0.1) is 35.9 Å². The molecule has 2 atom stereocenters. The van der Waals surface area contributed by atoms with Gasteiger partial charge >= 0.3 is 5.97 Å². The fraction of sp³-hybridized carbons (Fsp3) is 0.550. The number of ether oxygens (including phenoxy) is 1. The number of hydrogen-bond acceptors (Lipinski definition) is 4. The second kappa shape index (κ2) is 11.9. The smallest absolute Gasteiger partial charge is 0.309 e. The Morgan fingerprint density at radius 3 is 2.33 bits per heavy atom. The van der Waals surface area contributed by atoms with E-state index in [-0.39, 0.29) is 30.1 Å². The third-order valence-electron chi connectivity index (χ3n) is 4.32. The second-order valence-corrected chi connectivity index (χ2v) is 7.95. The van der Waals surface area contributed by atoms with Crippen LogP contribution in [0.5, 0.6) is 0 Å². The Kier molecular flexibility index (Phi) is 10.4. The summed E-state index contributed by atoms with van der Waals surface area (Å²) in [5.74, 6) is -1.08. The van der Waals surface area contributed by atoms with E-state index in [1.54, 1.807) is 7.05 Å². The monoisotopic (exact) mass is 488 g/mol. The van der Waals surface area contributed by atoms with E-state index < -0.39 is 12.0 Å². The molecule has 1 N–H and O–H groups in total. The summed E-state index contributed by atoms with van der Waals surface area (Å²) in [4.78, 5) is 37.1. The average Bonchev–Trinajstić information content (AvgIpc) is 2.66. The highest BCUT2D eigenvalue weighted by Crippen LogP contribution is 2.22. The van der Waals surface area contributed by atoms with Gasteiger partial charge in [-0.05, 0) is 30.7 Å². The minimum atomic E-state index is -0.597. The summed E-state index contributed by atoms with van der Waals surface area (Å²) in [6.07, 6.45) is 1.79. The van der Waals surface area contributed by atoms with E-state index in [1.807, 2.05) is 67.0 Å². The number of methoxy groups -OCH3 is 1. The predicted octanol–water partition coefficient (Wildman–Crippen LogP) is 3.14. The van der Waals surface area contributed by atoms with Crippen LogP contribution in [0.3, 0.4) is 0 Å². The number of hydrogen-bond donors (Lipinski definition) is 1. The molecule has 6 nitrogen and oxygen atoms in total. The first-order valence-electron chi connectivity index (χ1n) is 9.11. The number of esters is 1. The van der Waals surface area contributed by atoms with Crippen LogP contribution < -0.4 is 5.32 Å². The topological polar surface area (TPSA) is 75.7 Å². The molecule has 0 bridgehead atoms. The first-order chi connectivity index (χ1) is 12.8. The number of amides is 2. The number of carbonyl (C=O) groups is 3. The van der Waals surface area contributed by atoms with Gasteiger partial charge in [-0.15, -0.1) is 0 Å². The summed E-state index contributed by atoms with van der Waals surface area (Å²) in [7, 11) is 2.89. The Labute approximate surface area is 175 Å². The number of carbonyl (C=O) groups excluding carboxylic acids is 3. The maximum Gasteiger partial charge on any atom is 0.309 e. The van der Waals surface area contributed by atoms with Crippen LogP contribution in [0.4, 0.5) is 0 Å². The zero-order valence-electron chi connectivity index (χ0n) is 16.4. The first-order valence-corrected chi connectivity index (χ1v) is 10.1. The third-order valence-corrected chi connectivity index (χ3v) is 5.53. The van der Waals surface area contributed by atoms with Crippen LogP contribution in [0.2, 0.25) is 0 Å². The van der Waals surface area contributed by atoms with E-state index >= 15 is 0 Å². The zero-order chi connectivity index (χ0) is 20.4. The minimum absolute atomic E-state index is 0.0343. The minimum Gasteiger partial charge on any atom is -0.469 e. The molecule has 0 aliphatic rings. The van der Waals surface area contributed by atoms with Gasteiger partial charge < -0.3 is 10.1 Å². The normalized spacial score (nSPS) is 13.0. The number of benzene rings is 1. The highest BCUT2D eigenvalue weighted by Gasteiger charge is 2.31. The summed E-state index contributed by atoms with van der Waals surface area (Å²) in [6.45, 7) is 3.99. The van der Waals surface area contributed by atoms with Crippen molar-refractivity contribution in [3.8, 4) is 0 Å². The highest BCUT2D eigenvalue weighted by molar-refractivity contribution is 14.1. The number of nitrogens with zero attached hydrogens (tertiary/aromatic N) is 1. The lowest BCUT2D eigenvalue weighted by molar-refractivity contribution is -0.149. The molecule has 0 heterocycles. The van der Waals surface area contributed by atoms with Gasteiger partial charge in [0.1, 0.15) is 6.04 Å². The lowest BCUT2D eigenvalue weighted by Gasteiger charge is -2.26. The summed E-state index contributed by atoms with van der Waals surface area (Å²) in [5.41, 5.74) is 1.11. The van der Waals surface area contributed by atoms with Crippen molar-refractivity contribution in [2.75, 3.05) is 14.2 Å². The van der Waals surface area contributed by atoms with Gasteiger partial charge in [-0.2, -0.15) is 0 Å². The first kappa shape index (κ1) is 23.4. The molecule has 0 saturated heterocycles. The molecule has 0 spiro atoms. The van der Waals surface area contributed by atoms with Crippen LogP contribution in [0.15, 0.2) is 30.3 Å². The van der Waals surface area contributed by atoms with E-state index in [0.717, 1.165) is 5.56 Å². The van der Waals surface area contributed by atoms with Gasteiger partial charge in [0.2, 0.25) is 11.8 Å². The second-order valence-electron chi connectivity index (χ2n) is 6.91. The van der Waals surface area contributed by atoms with Crippen molar-refractivity contribution < 1.29 is 19.1 Å². The van der Waals surface area contributed by atoms with Crippen molar-refractivity contribution in [1.82, 2.24) is 8.43 Å². The molecular formula is C20H29IN2O4. The summed E-state index contributed by atoms with van der Waals surface area (Å²) in [6, 6.07) is 9.23. The molecule has 1 aromatic carbocycles. The summed E-state index contributed by atoms with van der Waals surface area (Å²) >= 11 is 1.88. The molecule has 0 radical (unpaired) electrons. The maximum atomic E-state index is 12.8. The molecule has 1 rings (SSSR count). The van der Waals surface area contributed by atoms with E-state index in [2.05, 4.69) is 5.32 Å². The molecule has 7 heteroatoms. The van der Waals surface area contributed by atoms with Crippen molar-refractivity contribution in [3.05, 3.63) is 35.9 Å². The van der Waals surface area contributed by atoms with Gasteiger partial charge in [0.15, 0.2) is 0 Å². The summed E-state index contributed by atoms with van der Waals surface area (Å²) in [5, 5.41) is 2.63. The Morgan fingerprint density at radius 2 is 1.81 bits per heavy atom. The molecule has 0 fully saturated rings. The fourth-order valence-electron chi connectivity index (χ4n) is 2.93. The van der Waals surface area contributed by atoms with Crippen LogP contribution in [0, 0.1) is 11.8 Å². The molecular weight excluding hydrogens is 459 g/mol. The van der Waals surface area contributed by atoms with Crippen LogP contribution in [-0.4, -0.2) is 41.1 Å². The number of nitrogens with one attached hydrogen (secondary N) is 1. The SMILES string of the molecule is CNC(=O)C(CCc1ccccc1)N(I)C(=O)CC(CC(C)C)C(=O)OC. The quantitative estimate of drug-likeness (QED) is 0.312. The molecule has 150 valence electrons. The van der Waals surface area contributed by atoms with Crippen LogP contribution in [0.1, 0.15) is 38.7 Å². The molecule has 2 amide bonds. The van der Waals surface area contributed by atoms with Gasteiger partial charge in [0, 0.05) is 13.5 Å². The zero-order valence-corrected chi connectivity index (χ0v) is 18.6. The van der Waals surface area contributed by atoms with Crippen LogP contribution in [-0.2, 0) is 25.5 Å². The summed E-state index contributed by atoms with van der Waals surface area (Å²) < 4.78 is 6.26. The van der Waals surface area contributed by atoms with E-state index in [0.29, 0.717) is 19.3 Å². The fourth-order valence-corrected chi connectivity index (χ4v) is 3.66. The molecule has 0 aliphatic heterocycles. The molecule has 0 saturated carbocycles. The molecule has 2 unspecified atom stereocenters. The van der Waals surface area contributed by atoms with Crippen molar-refractivity contribution in [2.45, 2.75) is 45.6 Å². The molecule has 0 aromatic heterocycles. The van der Waals surface area contributed by atoms with Gasteiger partial charge in [-0.1, -0.05) is 44.2 Å². The van der Waals surface area contributed by atoms with E-state index in [1.165, 1.54) is 10.2 Å².